The van der Waals surface area contributed by atoms with E-state index in [1.165, 1.54) is 25.0 Å². The van der Waals surface area contributed by atoms with E-state index in [0.29, 0.717) is 12.0 Å². The van der Waals surface area contributed by atoms with E-state index in [1.54, 1.807) is 0 Å². The fourth-order valence-corrected chi connectivity index (χ4v) is 3.42. The fraction of sp³-hybridized carbons (Fsp3) is 0.600. The second-order valence-electron chi connectivity index (χ2n) is 5.80. The average Bonchev–Trinajstić information content (AvgIpc) is 2.80. The lowest BCUT2D eigenvalue weighted by molar-refractivity contribution is 0.250. The number of fused-ring (bicyclic) bond motifs is 1. The van der Waals surface area contributed by atoms with E-state index in [1.807, 2.05) is 6.92 Å². The van der Waals surface area contributed by atoms with E-state index in [-0.39, 0.29) is 6.04 Å². The number of nitrogens with zero attached hydrogens (tertiary/aromatic N) is 1. The van der Waals surface area contributed by atoms with Crippen LogP contribution in [-0.2, 0) is 0 Å². The highest BCUT2D eigenvalue weighted by molar-refractivity contribution is 5.21. The van der Waals surface area contributed by atoms with Gasteiger partial charge >= 0.3 is 0 Å². The van der Waals surface area contributed by atoms with Gasteiger partial charge in [0.25, 0.3) is 0 Å². The van der Waals surface area contributed by atoms with Crippen LogP contribution in [0.15, 0.2) is 18.2 Å². The smallest absolute Gasteiger partial charge is 0.126 e. The molecule has 1 aromatic rings. The molecule has 2 saturated heterocycles. The van der Waals surface area contributed by atoms with E-state index in [4.69, 9.17) is 0 Å². The Morgan fingerprint density at radius 2 is 1.95 bits per heavy atom. The Hall–Kier alpha value is -1.00. The highest BCUT2D eigenvalue weighted by Gasteiger charge is 2.36. The number of rotatable bonds is 2. The molecule has 0 saturated carbocycles. The number of hydrogen-bond donors (Lipinski definition) is 1. The number of likely N-dealkylation sites (tertiary alicyclic amines) is 1. The minimum atomic E-state index is -0.489. The third kappa shape index (κ3) is 2.65. The molecule has 3 atom stereocenters. The van der Waals surface area contributed by atoms with Gasteiger partial charge in [-0.1, -0.05) is 0 Å². The Labute approximate surface area is 112 Å². The highest BCUT2D eigenvalue weighted by Crippen LogP contribution is 2.31. The van der Waals surface area contributed by atoms with E-state index >= 15 is 0 Å². The van der Waals surface area contributed by atoms with Crippen molar-refractivity contribution in [1.82, 2.24) is 10.2 Å². The van der Waals surface area contributed by atoms with Crippen LogP contribution in [0.3, 0.4) is 0 Å². The maximum Gasteiger partial charge on any atom is 0.126 e. The van der Waals surface area contributed by atoms with Crippen molar-refractivity contribution in [3.05, 3.63) is 35.4 Å². The largest absolute Gasteiger partial charge is 0.312 e. The molecule has 1 aromatic carbocycles. The zero-order valence-corrected chi connectivity index (χ0v) is 11.2. The first kappa shape index (κ1) is 13.0. The lowest BCUT2D eigenvalue weighted by Crippen LogP contribution is -2.40. The lowest BCUT2D eigenvalue weighted by Gasteiger charge is -2.25. The van der Waals surface area contributed by atoms with Gasteiger partial charge in [0.2, 0.25) is 0 Å². The van der Waals surface area contributed by atoms with Crippen molar-refractivity contribution in [2.45, 2.75) is 31.8 Å². The normalized spacial score (nSPS) is 29.2. The van der Waals surface area contributed by atoms with E-state index in [9.17, 15) is 8.78 Å². The highest BCUT2D eigenvalue weighted by atomic mass is 19.1. The lowest BCUT2D eigenvalue weighted by atomic mass is 9.94. The molecule has 1 N–H and O–H groups in total. The van der Waals surface area contributed by atoms with Crippen LogP contribution in [0.1, 0.15) is 31.4 Å². The predicted octanol–water partition coefficient (Wildman–Crippen LogP) is 2.71. The molecule has 2 heterocycles. The van der Waals surface area contributed by atoms with Crippen LogP contribution >= 0.6 is 0 Å². The van der Waals surface area contributed by atoms with Gasteiger partial charge in [0, 0.05) is 31.2 Å². The summed E-state index contributed by atoms with van der Waals surface area (Å²) in [6.45, 7) is 5.13. The molecule has 0 bridgehead atoms. The summed E-state index contributed by atoms with van der Waals surface area (Å²) in [7, 11) is 0. The fourth-order valence-electron chi connectivity index (χ4n) is 3.42. The molecular formula is C15H20F2N2. The molecule has 0 aromatic heterocycles. The van der Waals surface area contributed by atoms with Crippen molar-refractivity contribution in [2.24, 2.45) is 5.92 Å². The molecule has 2 aliphatic rings. The minimum Gasteiger partial charge on any atom is -0.312 e. The maximum absolute atomic E-state index is 13.3. The average molecular weight is 266 g/mol. The summed E-state index contributed by atoms with van der Waals surface area (Å²) in [5.41, 5.74) is 0.733. The quantitative estimate of drug-likeness (QED) is 0.885. The Bertz CT molecular complexity index is 429. The maximum atomic E-state index is 13.3. The summed E-state index contributed by atoms with van der Waals surface area (Å²) in [5.74, 6) is -0.289. The van der Waals surface area contributed by atoms with Crippen LogP contribution in [-0.4, -0.2) is 30.6 Å². The number of nitrogens with one attached hydrogen (secondary N) is 1. The first-order chi connectivity index (χ1) is 9.13. The molecule has 0 radical (unpaired) electrons. The van der Waals surface area contributed by atoms with Gasteiger partial charge in [-0.3, -0.25) is 4.90 Å². The molecule has 2 aliphatic heterocycles. The van der Waals surface area contributed by atoms with Gasteiger partial charge in [-0.15, -0.1) is 0 Å². The van der Waals surface area contributed by atoms with Crippen molar-refractivity contribution in [2.75, 3.05) is 19.6 Å². The Morgan fingerprint density at radius 1 is 1.21 bits per heavy atom. The van der Waals surface area contributed by atoms with E-state index in [2.05, 4.69) is 10.2 Å². The zero-order valence-electron chi connectivity index (χ0n) is 11.2. The second-order valence-corrected chi connectivity index (χ2v) is 5.80. The summed E-state index contributed by atoms with van der Waals surface area (Å²) in [4.78, 5) is 2.34. The summed E-state index contributed by atoms with van der Waals surface area (Å²) >= 11 is 0. The predicted molar refractivity (Wildman–Crippen MR) is 70.9 cm³/mol. The van der Waals surface area contributed by atoms with Crippen molar-refractivity contribution < 1.29 is 8.78 Å². The first-order valence-electron chi connectivity index (χ1n) is 7.07. The van der Waals surface area contributed by atoms with Gasteiger partial charge in [-0.05, 0) is 49.9 Å². The summed E-state index contributed by atoms with van der Waals surface area (Å²) in [5, 5.41) is 3.55. The van der Waals surface area contributed by atoms with Crippen LogP contribution in [0.5, 0.6) is 0 Å². The molecule has 0 amide bonds. The van der Waals surface area contributed by atoms with Crippen LogP contribution < -0.4 is 5.32 Å². The number of halogens is 2. The standard InChI is InChI=1S/C15H20F2N2/c1-10(12-5-13(16)7-14(17)6-12)19-8-11-3-2-4-18-15(11)9-19/h5-7,10-11,15,18H,2-4,8-9H2,1H3. The summed E-state index contributed by atoms with van der Waals surface area (Å²) < 4.78 is 26.6. The van der Waals surface area contributed by atoms with Gasteiger partial charge in [-0.2, -0.15) is 0 Å². The first-order valence-corrected chi connectivity index (χ1v) is 7.07. The third-order valence-corrected chi connectivity index (χ3v) is 4.54. The van der Waals surface area contributed by atoms with Crippen molar-refractivity contribution in [3.8, 4) is 0 Å². The van der Waals surface area contributed by atoms with E-state index < -0.39 is 11.6 Å². The molecular weight excluding hydrogens is 246 g/mol. The van der Waals surface area contributed by atoms with Gasteiger partial charge in [0.05, 0.1) is 0 Å². The molecule has 0 aliphatic carbocycles. The van der Waals surface area contributed by atoms with Gasteiger partial charge in [0.15, 0.2) is 0 Å². The molecule has 4 heteroatoms. The number of benzene rings is 1. The Balaban J connectivity index is 1.75. The van der Waals surface area contributed by atoms with Crippen molar-refractivity contribution in [3.63, 3.8) is 0 Å². The van der Waals surface area contributed by atoms with Crippen LogP contribution in [0.25, 0.3) is 0 Å². The molecule has 2 fully saturated rings. The SMILES string of the molecule is CC(c1cc(F)cc(F)c1)N1CC2CCCNC2C1. The van der Waals surface area contributed by atoms with Crippen LogP contribution in [0.2, 0.25) is 0 Å². The molecule has 104 valence electrons. The molecule has 3 rings (SSSR count). The molecule has 3 unspecified atom stereocenters. The van der Waals surface area contributed by atoms with E-state index in [0.717, 1.165) is 31.3 Å². The van der Waals surface area contributed by atoms with Crippen molar-refractivity contribution >= 4 is 0 Å². The second kappa shape index (κ2) is 5.17. The van der Waals surface area contributed by atoms with Gasteiger partial charge in [-0.25, -0.2) is 8.78 Å². The van der Waals surface area contributed by atoms with Gasteiger partial charge in [0.1, 0.15) is 11.6 Å². The van der Waals surface area contributed by atoms with Crippen LogP contribution in [0.4, 0.5) is 8.78 Å². The number of piperidine rings is 1. The number of hydrogen-bond acceptors (Lipinski definition) is 2. The monoisotopic (exact) mass is 266 g/mol. The van der Waals surface area contributed by atoms with Crippen molar-refractivity contribution in [1.29, 1.82) is 0 Å². The van der Waals surface area contributed by atoms with Gasteiger partial charge < -0.3 is 5.32 Å². The molecule has 0 spiro atoms. The minimum absolute atomic E-state index is 0.0672. The summed E-state index contributed by atoms with van der Waals surface area (Å²) in [6.07, 6.45) is 2.50. The Morgan fingerprint density at radius 3 is 2.63 bits per heavy atom. The molecule has 2 nitrogen and oxygen atoms in total. The summed E-state index contributed by atoms with van der Waals surface area (Å²) in [6, 6.07) is 4.44. The van der Waals surface area contributed by atoms with Crippen LogP contribution in [0, 0.1) is 17.6 Å². The molecule has 19 heavy (non-hydrogen) atoms. The third-order valence-electron chi connectivity index (χ3n) is 4.54. The Kier molecular flexibility index (Phi) is 3.54. The topological polar surface area (TPSA) is 15.3 Å². The zero-order chi connectivity index (χ0) is 13.4.